The number of benzene rings is 2. The SMILES string of the molecule is CC1(C)O[C@H]2[C@H](O1)[C@@H](C=Cc1ccccc1F)O[C@H]2n1cnc2c(NCc3ccccc3)ncnc21. The van der Waals surface area contributed by atoms with Crippen molar-refractivity contribution in [2.75, 3.05) is 5.32 Å². The molecule has 2 aromatic heterocycles. The monoisotopic (exact) mass is 487 g/mol. The van der Waals surface area contributed by atoms with Crippen LogP contribution in [0.4, 0.5) is 10.2 Å². The van der Waals surface area contributed by atoms with Gasteiger partial charge in [-0.05, 0) is 25.5 Å². The van der Waals surface area contributed by atoms with E-state index in [1.807, 2.05) is 54.8 Å². The zero-order valence-corrected chi connectivity index (χ0v) is 19.9. The van der Waals surface area contributed by atoms with E-state index in [0.29, 0.717) is 29.1 Å². The molecule has 0 aliphatic carbocycles. The van der Waals surface area contributed by atoms with E-state index in [4.69, 9.17) is 14.2 Å². The van der Waals surface area contributed by atoms with Gasteiger partial charge in [-0.25, -0.2) is 19.3 Å². The second-order valence-electron chi connectivity index (χ2n) is 9.32. The summed E-state index contributed by atoms with van der Waals surface area (Å²) in [5.74, 6) is -0.441. The topological polar surface area (TPSA) is 83.3 Å². The van der Waals surface area contributed by atoms with Crippen LogP contribution < -0.4 is 5.32 Å². The van der Waals surface area contributed by atoms with Crippen LogP contribution in [0.3, 0.4) is 0 Å². The van der Waals surface area contributed by atoms with E-state index in [9.17, 15) is 4.39 Å². The lowest BCUT2D eigenvalue weighted by atomic mass is 10.1. The second kappa shape index (κ2) is 9.09. The maximum Gasteiger partial charge on any atom is 0.167 e. The largest absolute Gasteiger partial charge is 0.364 e. The van der Waals surface area contributed by atoms with Crippen molar-refractivity contribution in [2.24, 2.45) is 0 Å². The molecule has 9 heteroatoms. The third-order valence-electron chi connectivity index (χ3n) is 6.37. The van der Waals surface area contributed by atoms with E-state index in [1.165, 1.54) is 12.4 Å². The summed E-state index contributed by atoms with van der Waals surface area (Å²) in [4.78, 5) is 13.5. The maximum atomic E-state index is 14.2. The lowest BCUT2D eigenvalue weighted by molar-refractivity contribution is -0.191. The van der Waals surface area contributed by atoms with Gasteiger partial charge in [-0.2, -0.15) is 0 Å². The number of imidazole rings is 1. The average Bonchev–Trinajstić information content (AvgIpc) is 3.54. The Morgan fingerprint density at radius 1 is 1.00 bits per heavy atom. The number of halogens is 1. The number of nitrogens with zero attached hydrogens (tertiary/aromatic N) is 4. The molecule has 2 fully saturated rings. The van der Waals surface area contributed by atoms with Crippen LogP contribution in [0.15, 0.2) is 73.3 Å². The quantitative estimate of drug-likeness (QED) is 0.422. The van der Waals surface area contributed by atoms with Crippen molar-refractivity contribution < 1.29 is 18.6 Å². The zero-order valence-electron chi connectivity index (χ0n) is 19.9. The fourth-order valence-corrected chi connectivity index (χ4v) is 4.74. The minimum atomic E-state index is -0.783. The Morgan fingerprint density at radius 2 is 1.78 bits per heavy atom. The van der Waals surface area contributed by atoms with E-state index in [2.05, 4.69) is 20.3 Å². The number of hydrogen-bond acceptors (Lipinski definition) is 7. The van der Waals surface area contributed by atoms with Crippen LogP contribution in [0.1, 0.15) is 31.2 Å². The molecule has 8 nitrogen and oxygen atoms in total. The summed E-state index contributed by atoms with van der Waals surface area (Å²) < 4.78 is 34.8. The van der Waals surface area contributed by atoms with Crippen LogP contribution in [0, 0.1) is 5.82 Å². The first-order valence-electron chi connectivity index (χ1n) is 11.9. The first-order valence-corrected chi connectivity index (χ1v) is 11.9. The third kappa shape index (κ3) is 4.26. The standard InChI is InChI=1S/C27H26FN5O3/c1-27(2)35-22-20(13-12-18-10-6-7-11-19(18)28)34-26(23(22)36-27)33-16-32-21-24(30-15-31-25(21)33)29-14-17-8-4-3-5-9-17/h3-13,15-16,20,22-23,26H,14H2,1-2H3,(H,29,30,31)/t20-,22-,23+,26-/m1/s1. The molecule has 1 N–H and O–H groups in total. The molecule has 2 aliphatic rings. The number of rotatable bonds is 6. The average molecular weight is 488 g/mol. The van der Waals surface area contributed by atoms with Gasteiger partial charge in [0.1, 0.15) is 30.5 Å². The predicted octanol–water partition coefficient (Wildman–Crippen LogP) is 4.71. The van der Waals surface area contributed by atoms with E-state index < -0.39 is 24.2 Å². The van der Waals surface area contributed by atoms with Crippen LogP contribution in [-0.4, -0.2) is 43.6 Å². The Morgan fingerprint density at radius 3 is 2.61 bits per heavy atom. The lowest BCUT2D eigenvalue weighted by Gasteiger charge is -2.24. The second-order valence-corrected chi connectivity index (χ2v) is 9.32. The molecule has 36 heavy (non-hydrogen) atoms. The molecular weight excluding hydrogens is 461 g/mol. The van der Waals surface area contributed by atoms with Crippen molar-refractivity contribution in [3.8, 4) is 0 Å². The van der Waals surface area contributed by atoms with Crippen molar-refractivity contribution in [2.45, 2.75) is 50.7 Å². The van der Waals surface area contributed by atoms with Gasteiger partial charge in [-0.3, -0.25) is 4.57 Å². The first-order chi connectivity index (χ1) is 17.5. The van der Waals surface area contributed by atoms with E-state index in [-0.39, 0.29) is 11.9 Å². The predicted molar refractivity (Wildman–Crippen MR) is 132 cm³/mol. The highest BCUT2D eigenvalue weighted by molar-refractivity contribution is 5.82. The Bertz CT molecular complexity index is 1410. The molecule has 4 aromatic rings. The molecule has 0 radical (unpaired) electrons. The van der Waals surface area contributed by atoms with Crippen LogP contribution in [-0.2, 0) is 20.8 Å². The number of hydrogen-bond donors (Lipinski definition) is 1. The van der Waals surface area contributed by atoms with Crippen molar-refractivity contribution in [1.29, 1.82) is 0 Å². The van der Waals surface area contributed by atoms with Gasteiger partial charge in [0.15, 0.2) is 29.0 Å². The number of aromatic nitrogens is 4. The van der Waals surface area contributed by atoms with Gasteiger partial charge >= 0.3 is 0 Å². The van der Waals surface area contributed by atoms with Crippen molar-refractivity contribution >= 4 is 23.1 Å². The molecular formula is C27H26FN5O3. The van der Waals surface area contributed by atoms with Crippen LogP contribution in [0.2, 0.25) is 0 Å². The minimum absolute atomic E-state index is 0.295. The molecule has 0 bridgehead atoms. The number of nitrogens with one attached hydrogen (secondary N) is 1. The van der Waals surface area contributed by atoms with Gasteiger partial charge in [0.05, 0.1) is 6.33 Å². The van der Waals surface area contributed by atoms with Crippen LogP contribution in [0.25, 0.3) is 17.2 Å². The van der Waals surface area contributed by atoms with E-state index in [0.717, 1.165) is 5.56 Å². The molecule has 184 valence electrons. The number of ether oxygens (including phenoxy) is 3. The summed E-state index contributed by atoms with van der Waals surface area (Å²) in [6, 6.07) is 16.7. The fourth-order valence-electron chi connectivity index (χ4n) is 4.74. The van der Waals surface area contributed by atoms with Gasteiger partial charge in [0.2, 0.25) is 0 Å². The molecule has 2 saturated heterocycles. The third-order valence-corrected chi connectivity index (χ3v) is 6.37. The van der Waals surface area contributed by atoms with Gasteiger partial charge in [0, 0.05) is 12.1 Å². The summed E-state index contributed by atoms with van der Waals surface area (Å²) in [6.45, 7) is 4.36. The molecule has 0 saturated carbocycles. The van der Waals surface area contributed by atoms with Crippen LogP contribution >= 0.6 is 0 Å². The van der Waals surface area contributed by atoms with Gasteiger partial charge in [0.25, 0.3) is 0 Å². The van der Waals surface area contributed by atoms with Crippen molar-refractivity contribution in [3.63, 3.8) is 0 Å². The van der Waals surface area contributed by atoms with Gasteiger partial charge in [-0.15, -0.1) is 0 Å². The summed E-state index contributed by atoms with van der Waals surface area (Å²) in [5, 5.41) is 3.35. The highest BCUT2D eigenvalue weighted by atomic mass is 19.1. The van der Waals surface area contributed by atoms with Gasteiger partial charge in [-0.1, -0.05) is 60.7 Å². The Kier molecular flexibility index (Phi) is 5.75. The highest BCUT2D eigenvalue weighted by Gasteiger charge is 2.55. The van der Waals surface area contributed by atoms with Gasteiger partial charge < -0.3 is 19.5 Å². The normalized spacial score (nSPS) is 25.0. The smallest absolute Gasteiger partial charge is 0.167 e. The maximum absolute atomic E-state index is 14.2. The van der Waals surface area contributed by atoms with Crippen molar-refractivity contribution in [1.82, 2.24) is 19.5 Å². The highest BCUT2D eigenvalue weighted by Crippen LogP contribution is 2.44. The molecule has 4 heterocycles. The Balaban J connectivity index is 1.29. The molecule has 2 aromatic carbocycles. The summed E-state index contributed by atoms with van der Waals surface area (Å²) in [6.07, 6.45) is 4.98. The Hall–Kier alpha value is -3.66. The fraction of sp³-hybridized carbons (Fsp3) is 0.296. The minimum Gasteiger partial charge on any atom is -0.364 e. The molecule has 6 rings (SSSR count). The molecule has 0 unspecified atom stereocenters. The Labute approximate surface area is 207 Å². The lowest BCUT2D eigenvalue weighted by Crippen LogP contribution is -2.28. The molecule has 0 spiro atoms. The molecule has 0 amide bonds. The summed E-state index contributed by atoms with van der Waals surface area (Å²) in [7, 11) is 0. The van der Waals surface area contributed by atoms with E-state index >= 15 is 0 Å². The molecule has 4 atom stereocenters. The summed E-state index contributed by atoms with van der Waals surface area (Å²) >= 11 is 0. The first kappa shape index (κ1) is 22.8. The number of anilines is 1. The van der Waals surface area contributed by atoms with Crippen molar-refractivity contribution in [3.05, 3.63) is 90.3 Å². The summed E-state index contributed by atoms with van der Waals surface area (Å²) in [5.41, 5.74) is 2.87. The molecule has 2 aliphatic heterocycles. The zero-order chi connectivity index (χ0) is 24.7. The van der Waals surface area contributed by atoms with E-state index in [1.54, 1.807) is 30.6 Å². The van der Waals surface area contributed by atoms with Crippen LogP contribution in [0.5, 0.6) is 0 Å². The number of fused-ring (bicyclic) bond motifs is 2.